The number of hydrogen-bond acceptors (Lipinski definition) is 3. The molecule has 0 aliphatic carbocycles. The lowest BCUT2D eigenvalue weighted by atomic mass is 10.0. The Labute approximate surface area is 96.3 Å². The Morgan fingerprint density at radius 2 is 2.12 bits per heavy atom. The predicted octanol–water partition coefficient (Wildman–Crippen LogP) is 3.01. The van der Waals surface area contributed by atoms with Gasteiger partial charge in [0.25, 0.3) is 0 Å². The van der Waals surface area contributed by atoms with Crippen molar-refractivity contribution in [2.45, 2.75) is 26.7 Å². The molecule has 1 aromatic carbocycles. The van der Waals surface area contributed by atoms with E-state index in [-0.39, 0.29) is 0 Å². The molecule has 16 heavy (non-hydrogen) atoms. The van der Waals surface area contributed by atoms with E-state index in [1.54, 1.807) is 6.07 Å². The summed E-state index contributed by atoms with van der Waals surface area (Å²) < 4.78 is 0. The Kier molecular flexibility index (Phi) is 4.99. The second-order valence-corrected chi connectivity index (χ2v) is 3.65. The van der Waals surface area contributed by atoms with E-state index in [0.717, 1.165) is 24.0 Å². The number of unbranched alkanes of at least 4 members (excludes halogenated alkanes) is 1. The molecule has 0 aromatic heterocycles. The molecule has 0 aliphatic rings. The van der Waals surface area contributed by atoms with Gasteiger partial charge < -0.3 is 0 Å². The molecule has 0 amide bonds. The zero-order valence-electron chi connectivity index (χ0n) is 9.79. The van der Waals surface area contributed by atoms with Crippen molar-refractivity contribution in [3.05, 3.63) is 41.8 Å². The standard InChI is InChI=1S/C13H17O3/c1-4-5-9-15-16-13(14)12-8-6-7-10(2)11(12)3/h6-8H,1,4-5,9H2,2-3H3. The molecule has 0 heterocycles. The van der Waals surface area contributed by atoms with Gasteiger partial charge in [-0.25, -0.2) is 4.79 Å². The molecule has 1 rings (SSSR count). The van der Waals surface area contributed by atoms with Crippen LogP contribution in [0.3, 0.4) is 0 Å². The normalized spacial score (nSPS) is 10.2. The molecular weight excluding hydrogens is 204 g/mol. The molecule has 3 nitrogen and oxygen atoms in total. The van der Waals surface area contributed by atoms with Gasteiger partial charge in [0, 0.05) is 0 Å². The van der Waals surface area contributed by atoms with E-state index in [0.29, 0.717) is 12.2 Å². The number of benzene rings is 1. The van der Waals surface area contributed by atoms with E-state index in [1.165, 1.54) is 0 Å². The first-order valence-corrected chi connectivity index (χ1v) is 5.36. The third-order valence-electron chi connectivity index (χ3n) is 2.44. The summed E-state index contributed by atoms with van der Waals surface area (Å²) in [6.45, 7) is 7.90. The van der Waals surface area contributed by atoms with Crippen LogP contribution in [0.1, 0.15) is 34.3 Å². The highest BCUT2D eigenvalue weighted by Gasteiger charge is 2.12. The van der Waals surface area contributed by atoms with Crippen LogP contribution in [0.25, 0.3) is 0 Å². The highest BCUT2D eigenvalue weighted by atomic mass is 17.2. The molecule has 0 N–H and O–H groups in total. The molecule has 1 radical (unpaired) electrons. The smallest absolute Gasteiger partial charge is 0.293 e. The van der Waals surface area contributed by atoms with E-state index >= 15 is 0 Å². The van der Waals surface area contributed by atoms with Gasteiger partial charge in [0.15, 0.2) is 0 Å². The van der Waals surface area contributed by atoms with Crippen molar-refractivity contribution in [2.24, 2.45) is 0 Å². The molecule has 0 fully saturated rings. The molecule has 1 aromatic rings. The van der Waals surface area contributed by atoms with Gasteiger partial charge >= 0.3 is 5.97 Å². The molecular formula is C13H17O3. The van der Waals surface area contributed by atoms with Crippen LogP contribution in [0.2, 0.25) is 0 Å². The summed E-state index contributed by atoms with van der Waals surface area (Å²) >= 11 is 0. The van der Waals surface area contributed by atoms with Crippen molar-refractivity contribution in [3.8, 4) is 0 Å². The summed E-state index contributed by atoms with van der Waals surface area (Å²) in [5, 5.41) is 0. The fraction of sp³-hybridized carbons (Fsp3) is 0.385. The fourth-order valence-corrected chi connectivity index (χ4v) is 1.27. The molecule has 0 aliphatic heterocycles. The number of carbonyl (C=O) groups excluding carboxylic acids is 1. The number of hydrogen-bond donors (Lipinski definition) is 0. The van der Waals surface area contributed by atoms with Gasteiger partial charge in [-0.05, 0) is 37.5 Å². The van der Waals surface area contributed by atoms with E-state index in [9.17, 15) is 4.79 Å². The van der Waals surface area contributed by atoms with E-state index < -0.39 is 5.97 Å². The first kappa shape index (κ1) is 12.7. The van der Waals surface area contributed by atoms with Crippen LogP contribution in [0.4, 0.5) is 0 Å². The summed E-state index contributed by atoms with van der Waals surface area (Å²) in [6.07, 6.45) is 1.54. The van der Waals surface area contributed by atoms with Crippen molar-refractivity contribution in [2.75, 3.05) is 6.61 Å². The average molecular weight is 221 g/mol. The largest absolute Gasteiger partial charge is 0.373 e. The van der Waals surface area contributed by atoms with Gasteiger partial charge in [0.1, 0.15) is 0 Å². The Balaban J connectivity index is 2.56. The summed E-state index contributed by atoms with van der Waals surface area (Å²) in [7, 11) is 0. The average Bonchev–Trinajstić information content (AvgIpc) is 2.28. The predicted molar refractivity (Wildman–Crippen MR) is 61.9 cm³/mol. The van der Waals surface area contributed by atoms with Crippen molar-refractivity contribution in [1.29, 1.82) is 0 Å². The minimum Gasteiger partial charge on any atom is -0.293 e. The maximum absolute atomic E-state index is 11.6. The van der Waals surface area contributed by atoms with Crippen molar-refractivity contribution < 1.29 is 14.6 Å². The maximum Gasteiger partial charge on any atom is 0.373 e. The Morgan fingerprint density at radius 1 is 1.38 bits per heavy atom. The van der Waals surface area contributed by atoms with Crippen LogP contribution in [0, 0.1) is 20.8 Å². The van der Waals surface area contributed by atoms with Gasteiger partial charge in [-0.2, -0.15) is 4.89 Å². The quantitative estimate of drug-likeness (QED) is 0.435. The molecule has 0 bridgehead atoms. The topological polar surface area (TPSA) is 35.5 Å². The second kappa shape index (κ2) is 6.28. The van der Waals surface area contributed by atoms with Gasteiger partial charge in [-0.1, -0.05) is 25.5 Å². The summed E-state index contributed by atoms with van der Waals surface area (Å²) in [5.41, 5.74) is 2.54. The lowest BCUT2D eigenvalue weighted by Crippen LogP contribution is -2.09. The molecule has 0 spiro atoms. The van der Waals surface area contributed by atoms with Crippen molar-refractivity contribution >= 4 is 5.97 Å². The van der Waals surface area contributed by atoms with Crippen molar-refractivity contribution in [3.63, 3.8) is 0 Å². The minimum absolute atomic E-state index is 0.389. The van der Waals surface area contributed by atoms with Crippen LogP contribution >= 0.6 is 0 Å². The highest BCUT2D eigenvalue weighted by molar-refractivity contribution is 5.90. The first-order chi connectivity index (χ1) is 7.66. The van der Waals surface area contributed by atoms with E-state index in [4.69, 9.17) is 9.78 Å². The van der Waals surface area contributed by atoms with Gasteiger partial charge in [-0.3, -0.25) is 4.89 Å². The molecule has 0 unspecified atom stereocenters. The van der Waals surface area contributed by atoms with Crippen molar-refractivity contribution in [1.82, 2.24) is 0 Å². The summed E-state index contributed by atoms with van der Waals surface area (Å²) in [5.74, 6) is -0.440. The Bertz CT molecular complexity index is 358. The monoisotopic (exact) mass is 221 g/mol. The lowest BCUT2D eigenvalue weighted by molar-refractivity contribution is -0.241. The van der Waals surface area contributed by atoms with Gasteiger partial charge in [0.2, 0.25) is 0 Å². The Morgan fingerprint density at radius 3 is 2.81 bits per heavy atom. The highest BCUT2D eigenvalue weighted by Crippen LogP contribution is 2.13. The number of rotatable bonds is 5. The van der Waals surface area contributed by atoms with Gasteiger partial charge in [0.05, 0.1) is 12.2 Å². The molecule has 0 atom stereocenters. The van der Waals surface area contributed by atoms with Crippen LogP contribution in [-0.2, 0) is 9.78 Å². The van der Waals surface area contributed by atoms with Crippen LogP contribution in [0.5, 0.6) is 0 Å². The molecule has 87 valence electrons. The van der Waals surface area contributed by atoms with Crippen LogP contribution in [-0.4, -0.2) is 12.6 Å². The SMILES string of the molecule is [CH2]CCCOOC(=O)c1cccc(C)c1C. The van der Waals surface area contributed by atoms with Crippen LogP contribution in [0.15, 0.2) is 18.2 Å². The lowest BCUT2D eigenvalue weighted by Gasteiger charge is -2.07. The molecule has 0 saturated carbocycles. The molecule has 0 saturated heterocycles. The number of carbonyl (C=O) groups is 1. The summed E-state index contributed by atoms with van der Waals surface area (Å²) in [6, 6.07) is 5.51. The van der Waals surface area contributed by atoms with Gasteiger partial charge in [-0.15, -0.1) is 0 Å². The first-order valence-electron chi connectivity index (χ1n) is 5.36. The number of aryl methyl sites for hydroxylation is 1. The summed E-state index contributed by atoms with van der Waals surface area (Å²) in [4.78, 5) is 21.1. The fourth-order valence-electron chi connectivity index (χ4n) is 1.27. The van der Waals surface area contributed by atoms with E-state index in [1.807, 2.05) is 26.0 Å². The van der Waals surface area contributed by atoms with E-state index in [2.05, 4.69) is 6.92 Å². The maximum atomic E-state index is 11.6. The second-order valence-electron chi connectivity index (χ2n) is 3.65. The Hall–Kier alpha value is -1.35. The zero-order valence-corrected chi connectivity index (χ0v) is 9.79. The third-order valence-corrected chi connectivity index (χ3v) is 2.44. The van der Waals surface area contributed by atoms with Crippen LogP contribution < -0.4 is 0 Å². The third kappa shape index (κ3) is 3.35. The minimum atomic E-state index is -0.440. The molecule has 3 heteroatoms. The zero-order chi connectivity index (χ0) is 12.0.